The van der Waals surface area contributed by atoms with Gasteiger partial charge in [0.2, 0.25) is 0 Å². The minimum atomic E-state index is -4.07. The Morgan fingerprint density at radius 2 is 1.40 bits per heavy atom. The van der Waals surface area contributed by atoms with E-state index in [4.69, 9.17) is 4.89 Å². The van der Waals surface area contributed by atoms with E-state index < -0.39 is 10.1 Å². The Morgan fingerprint density at radius 3 is 2.04 bits per heavy atom. The summed E-state index contributed by atoms with van der Waals surface area (Å²) >= 11 is 0. The van der Waals surface area contributed by atoms with E-state index in [-0.39, 0.29) is 4.90 Å². The van der Waals surface area contributed by atoms with Crippen LogP contribution in [0.2, 0.25) is 0 Å². The van der Waals surface area contributed by atoms with Crippen molar-refractivity contribution in [3.8, 4) is 0 Å². The average Bonchev–Trinajstić information content (AvgIpc) is 2.59. The summed E-state index contributed by atoms with van der Waals surface area (Å²) in [5.74, 6) is 0. The molecule has 1 aromatic carbocycles. The molecule has 0 fully saturated rings. The Labute approximate surface area is 150 Å². The van der Waals surface area contributed by atoms with Crippen LogP contribution in [0.3, 0.4) is 0 Å². The van der Waals surface area contributed by atoms with E-state index in [1.54, 1.807) is 12.1 Å². The summed E-state index contributed by atoms with van der Waals surface area (Å²) in [4.78, 5) is 4.64. The third-order valence-corrected chi connectivity index (χ3v) is 4.70. The lowest BCUT2D eigenvalue weighted by molar-refractivity contribution is -0.691. The van der Waals surface area contributed by atoms with Gasteiger partial charge in [-0.15, -0.1) is 0 Å². The van der Waals surface area contributed by atoms with Crippen molar-refractivity contribution in [1.82, 2.24) is 0 Å². The first-order chi connectivity index (χ1) is 12.1. The Hall–Kier alpha value is -1.03. The number of rotatable bonds is 15. The van der Waals surface area contributed by atoms with Crippen LogP contribution < -0.4 is 0 Å². The smallest absolute Gasteiger partial charge is 0.204 e. The van der Waals surface area contributed by atoms with Gasteiger partial charge < -0.3 is 0 Å². The zero-order valence-electron chi connectivity index (χ0n) is 14.9. The average molecular weight is 376 g/mol. The quantitative estimate of drug-likeness (QED) is 0.252. The first kappa shape index (κ1) is 22.0. The zero-order valence-corrected chi connectivity index (χ0v) is 15.8. The fraction of sp³-hybridized carbons (Fsp3) is 0.647. The molecule has 0 radical (unpaired) electrons. The van der Waals surface area contributed by atoms with Gasteiger partial charge in [-0.2, -0.15) is 8.42 Å². The van der Waals surface area contributed by atoms with Gasteiger partial charge >= 0.3 is 10.1 Å². The van der Waals surface area contributed by atoms with Crippen molar-refractivity contribution >= 4 is 10.1 Å². The second-order valence-corrected chi connectivity index (χ2v) is 7.35. The van der Waals surface area contributed by atoms with Crippen molar-refractivity contribution < 1.29 is 32.8 Å². The third kappa shape index (κ3) is 10.5. The molecule has 7 nitrogen and oxygen atoms in total. The molecule has 8 heteroatoms. The molecule has 0 spiro atoms. The van der Waals surface area contributed by atoms with Crippen molar-refractivity contribution in [3.63, 3.8) is 0 Å². The number of hydrogen-bond donors (Lipinski definition) is 0. The SMILES string of the molecule is CCCCCCCCCCOOOOOS(=O)(=O)c1ccc(C)cc1. The maximum Gasteiger partial charge on any atom is 0.325 e. The van der Waals surface area contributed by atoms with Crippen molar-refractivity contribution in [1.29, 1.82) is 0 Å². The molecule has 0 atom stereocenters. The predicted octanol–water partition coefficient (Wildman–Crippen LogP) is 4.57. The van der Waals surface area contributed by atoms with Crippen LogP contribution in [0.25, 0.3) is 0 Å². The van der Waals surface area contributed by atoms with Gasteiger partial charge in [-0.1, -0.05) is 73.9 Å². The Kier molecular flexibility index (Phi) is 11.6. The summed E-state index contributed by atoms with van der Waals surface area (Å²) in [6.45, 7) is 4.36. The maximum absolute atomic E-state index is 11.7. The highest BCUT2D eigenvalue weighted by molar-refractivity contribution is 7.86. The largest absolute Gasteiger partial charge is 0.325 e. The topological polar surface area (TPSA) is 80.3 Å². The first-order valence-electron chi connectivity index (χ1n) is 8.69. The molecule has 0 aliphatic heterocycles. The van der Waals surface area contributed by atoms with Crippen molar-refractivity contribution in [2.45, 2.75) is 70.1 Å². The third-order valence-electron chi connectivity index (χ3n) is 3.61. The van der Waals surface area contributed by atoms with Crippen LogP contribution in [0.5, 0.6) is 0 Å². The van der Waals surface area contributed by atoms with Crippen molar-refractivity contribution in [2.24, 2.45) is 0 Å². The molecule has 0 saturated heterocycles. The van der Waals surface area contributed by atoms with E-state index in [0.717, 1.165) is 24.8 Å². The maximum atomic E-state index is 11.7. The van der Waals surface area contributed by atoms with Gasteiger partial charge in [0.05, 0.1) is 11.5 Å². The van der Waals surface area contributed by atoms with Gasteiger partial charge in [0.1, 0.15) is 0 Å². The molecular weight excluding hydrogens is 348 g/mol. The van der Waals surface area contributed by atoms with Crippen LogP contribution >= 0.6 is 0 Å². The van der Waals surface area contributed by atoms with Crippen molar-refractivity contribution in [2.75, 3.05) is 6.61 Å². The number of benzene rings is 1. The van der Waals surface area contributed by atoms with Gasteiger partial charge in [-0.3, -0.25) is 0 Å². The molecule has 0 aromatic heterocycles. The zero-order chi connectivity index (χ0) is 18.4. The molecule has 144 valence electrons. The summed E-state index contributed by atoms with van der Waals surface area (Å²) in [7, 11) is -4.07. The van der Waals surface area contributed by atoms with E-state index in [1.165, 1.54) is 44.2 Å². The second-order valence-electron chi connectivity index (χ2n) is 5.84. The number of hydrogen-bond acceptors (Lipinski definition) is 7. The van der Waals surface area contributed by atoms with Gasteiger partial charge in [-0.05, 0) is 40.6 Å². The first-order valence-corrected chi connectivity index (χ1v) is 10.1. The van der Waals surface area contributed by atoms with Crippen LogP contribution in [0.4, 0.5) is 0 Å². The molecule has 25 heavy (non-hydrogen) atoms. The van der Waals surface area contributed by atoms with Crippen LogP contribution in [-0.4, -0.2) is 15.0 Å². The summed E-state index contributed by atoms with van der Waals surface area (Å²) in [5, 5.41) is 12.3. The number of aryl methyl sites for hydroxylation is 1. The summed E-state index contributed by atoms with van der Waals surface area (Å²) in [6, 6.07) is 6.07. The highest BCUT2D eigenvalue weighted by Crippen LogP contribution is 2.13. The van der Waals surface area contributed by atoms with E-state index in [0.29, 0.717) is 6.61 Å². The Balaban J connectivity index is 1.97. The fourth-order valence-corrected chi connectivity index (χ4v) is 2.80. The molecule has 0 N–H and O–H groups in total. The van der Waals surface area contributed by atoms with Crippen LogP contribution in [0, 0.1) is 6.92 Å². The van der Waals surface area contributed by atoms with Crippen molar-refractivity contribution in [3.05, 3.63) is 29.8 Å². The minimum absolute atomic E-state index is 0.0541. The molecule has 1 aromatic rings. The van der Waals surface area contributed by atoms with Crippen LogP contribution in [0.1, 0.15) is 63.9 Å². The molecule has 0 aliphatic rings. The summed E-state index contributed by atoms with van der Waals surface area (Å²) in [6.07, 6.45) is 9.36. The Morgan fingerprint density at radius 1 is 0.800 bits per heavy atom. The lowest BCUT2D eigenvalue weighted by Crippen LogP contribution is -2.08. The normalized spacial score (nSPS) is 11.8. The van der Waals surface area contributed by atoms with E-state index >= 15 is 0 Å². The van der Waals surface area contributed by atoms with Gasteiger partial charge in [0.15, 0.2) is 0 Å². The van der Waals surface area contributed by atoms with Gasteiger partial charge in [0.25, 0.3) is 0 Å². The summed E-state index contributed by atoms with van der Waals surface area (Å²) in [5.41, 5.74) is 0.925. The molecular formula is C17H28O7S. The van der Waals surface area contributed by atoms with E-state index in [2.05, 4.69) is 26.4 Å². The highest BCUT2D eigenvalue weighted by atomic mass is 32.2. The molecule has 0 aliphatic carbocycles. The standard InChI is InChI=1S/C17H28O7S/c1-3-4-5-6-7-8-9-10-15-20-21-22-23-24-25(18,19)17-13-11-16(2)12-14-17/h11-14H,3-10,15H2,1-2H3. The fourth-order valence-electron chi connectivity index (χ4n) is 2.15. The Bertz CT molecular complexity index is 543. The van der Waals surface area contributed by atoms with Crippen LogP contribution in [0.15, 0.2) is 29.2 Å². The minimum Gasteiger partial charge on any atom is -0.204 e. The predicted molar refractivity (Wildman–Crippen MR) is 91.3 cm³/mol. The second kappa shape index (κ2) is 13.2. The van der Waals surface area contributed by atoms with E-state index in [9.17, 15) is 8.42 Å². The van der Waals surface area contributed by atoms with Crippen LogP contribution in [-0.2, 0) is 34.5 Å². The van der Waals surface area contributed by atoms with Gasteiger partial charge in [0, 0.05) is 0 Å². The lowest BCUT2D eigenvalue weighted by Gasteiger charge is -2.04. The van der Waals surface area contributed by atoms with E-state index in [1.807, 2.05) is 6.92 Å². The monoisotopic (exact) mass is 376 g/mol. The highest BCUT2D eigenvalue weighted by Gasteiger charge is 2.17. The number of unbranched alkanes of at least 4 members (excludes halogenated alkanes) is 7. The molecule has 0 heterocycles. The molecule has 0 saturated carbocycles. The molecule has 0 unspecified atom stereocenters. The summed E-state index contributed by atoms with van der Waals surface area (Å²) < 4.78 is 27.6. The lowest BCUT2D eigenvalue weighted by atomic mass is 10.1. The van der Waals surface area contributed by atoms with Gasteiger partial charge in [-0.25, -0.2) is 4.89 Å². The molecule has 0 amide bonds. The molecule has 0 bridgehead atoms. The molecule has 1 rings (SSSR count).